The molecule has 2 bridgehead atoms. The molecular weight excluding hydrogens is 496 g/mol. The van der Waals surface area contributed by atoms with Crippen LogP contribution in [0.2, 0.25) is 0 Å². The lowest BCUT2D eigenvalue weighted by Crippen LogP contribution is -2.48. The maximum absolute atomic E-state index is 14.1. The number of rotatable bonds is 8. The van der Waals surface area contributed by atoms with Gasteiger partial charge < -0.3 is 10.1 Å². The van der Waals surface area contributed by atoms with E-state index in [1.807, 2.05) is 37.4 Å². The molecule has 6 nitrogen and oxygen atoms in total. The predicted octanol–water partition coefficient (Wildman–Crippen LogP) is 5.04. The van der Waals surface area contributed by atoms with Gasteiger partial charge in [0.1, 0.15) is 11.8 Å². The Kier molecular flexibility index (Phi) is 6.48. The fourth-order valence-corrected chi connectivity index (χ4v) is 7.10. The van der Waals surface area contributed by atoms with Gasteiger partial charge in [-0.3, -0.25) is 19.3 Å². The van der Waals surface area contributed by atoms with Crippen molar-refractivity contribution in [1.29, 1.82) is 0 Å². The predicted molar refractivity (Wildman–Crippen MR) is 148 cm³/mol. The molecular formula is C31H30N2O4S. The second kappa shape index (κ2) is 9.95. The molecule has 1 saturated heterocycles. The molecule has 0 spiro atoms. The van der Waals surface area contributed by atoms with E-state index in [1.165, 1.54) is 4.90 Å². The second-order valence-electron chi connectivity index (χ2n) is 10.1. The molecule has 3 aromatic carbocycles. The van der Waals surface area contributed by atoms with E-state index in [0.29, 0.717) is 30.2 Å². The molecule has 0 saturated carbocycles. The van der Waals surface area contributed by atoms with Crippen molar-refractivity contribution in [3.63, 3.8) is 0 Å². The van der Waals surface area contributed by atoms with Gasteiger partial charge in [0, 0.05) is 17.5 Å². The third-order valence-electron chi connectivity index (χ3n) is 8.13. The number of ether oxygens (including phenoxy) is 1. The van der Waals surface area contributed by atoms with Gasteiger partial charge in [-0.05, 0) is 71.9 Å². The van der Waals surface area contributed by atoms with E-state index in [2.05, 4.69) is 29.6 Å². The lowest BCUT2D eigenvalue weighted by atomic mass is 9.55. The maximum Gasteiger partial charge on any atom is 0.247 e. The van der Waals surface area contributed by atoms with Crippen LogP contribution >= 0.6 is 11.8 Å². The van der Waals surface area contributed by atoms with Crippen LogP contribution in [0.25, 0.3) is 0 Å². The molecule has 3 amide bonds. The number of nitrogens with one attached hydrogen (secondary N) is 1. The highest BCUT2D eigenvalue weighted by Gasteiger charge is 2.62. The number of hydrogen-bond acceptors (Lipinski definition) is 5. The van der Waals surface area contributed by atoms with Crippen molar-refractivity contribution in [2.45, 2.75) is 31.2 Å². The number of likely N-dealkylation sites (tertiary alicyclic amines) is 1. The molecule has 3 atom stereocenters. The molecule has 38 heavy (non-hydrogen) atoms. The van der Waals surface area contributed by atoms with Crippen molar-refractivity contribution in [2.24, 2.45) is 11.8 Å². The molecule has 1 aliphatic heterocycles. The Bertz CT molecular complexity index is 1290. The zero-order valence-electron chi connectivity index (χ0n) is 21.4. The van der Waals surface area contributed by atoms with Crippen molar-refractivity contribution in [1.82, 2.24) is 4.90 Å². The van der Waals surface area contributed by atoms with Gasteiger partial charge in [-0.1, -0.05) is 48.5 Å². The lowest BCUT2D eigenvalue weighted by Gasteiger charge is -2.45. The number of carbonyl (C=O) groups excluding carboxylic acids is 3. The first kappa shape index (κ1) is 24.7. The van der Waals surface area contributed by atoms with Crippen molar-refractivity contribution >= 4 is 35.2 Å². The number of hydrogen-bond donors (Lipinski definition) is 1. The first-order valence-corrected chi connectivity index (χ1v) is 14.5. The third kappa shape index (κ3) is 3.83. The van der Waals surface area contributed by atoms with E-state index in [0.717, 1.165) is 22.3 Å². The second-order valence-corrected chi connectivity index (χ2v) is 11.0. The Hall–Kier alpha value is -3.58. The quantitative estimate of drug-likeness (QED) is 0.417. The highest BCUT2D eigenvalue weighted by molar-refractivity contribution is 7.98. The largest absolute Gasteiger partial charge is 0.494 e. The third-order valence-corrected chi connectivity index (χ3v) is 8.77. The molecule has 1 N–H and O–H groups in total. The molecule has 7 rings (SSSR count). The highest BCUT2D eigenvalue weighted by atomic mass is 32.2. The average Bonchev–Trinajstić information content (AvgIpc) is 3.20. The number of benzene rings is 3. The topological polar surface area (TPSA) is 75.7 Å². The van der Waals surface area contributed by atoms with E-state index in [-0.39, 0.29) is 29.6 Å². The van der Waals surface area contributed by atoms with Crippen LogP contribution in [0.1, 0.15) is 47.4 Å². The minimum atomic E-state index is -0.870. The standard InChI is InChI=1S/C31H30N2O4S/c1-3-37-19-14-12-18(13-15-19)32-29(34)24(16-17-38-2)33-30(35)27-25-20-8-4-5-9-21(20)26(28(27)31(33)36)23-11-7-6-10-22(23)25/h4-15,24-28H,3,16-17H2,1-2H3,(H,32,34)/t24-,25?,26?,27+,28+/m0/s1. The molecule has 3 aromatic rings. The fraction of sp³-hybridized carbons (Fsp3) is 0.323. The average molecular weight is 527 g/mol. The van der Waals surface area contributed by atoms with E-state index in [4.69, 9.17) is 4.74 Å². The van der Waals surface area contributed by atoms with Crippen molar-refractivity contribution in [2.75, 3.05) is 23.9 Å². The fourth-order valence-electron chi connectivity index (χ4n) is 6.64. The summed E-state index contributed by atoms with van der Waals surface area (Å²) in [6, 6.07) is 22.6. The van der Waals surface area contributed by atoms with Crippen LogP contribution in [0.4, 0.5) is 5.69 Å². The van der Waals surface area contributed by atoms with Crippen LogP contribution in [0.5, 0.6) is 5.75 Å². The number of thioether (sulfide) groups is 1. The Morgan fingerprint density at radius 2 is 1.37 bits per heavy atom. The van der Waals surface area contributed by atoms with Crippen molar-refractivity contribution < 1.29 is 19.1 Å². The minimum Gasteiger partial charge on any atom is -0.494 e. The summed E-state index contributed by atoms with van der Waals surface area (Å²) in [6.07, 6.45) is 2.36. The van der Waals surface area contributed by atoms with Crippen LogP contribution in [-0.4, -0.2) is 47.3 Å². The minimum absolute atomic E-state index is 0.186. The number of amides is 3. The van der Waals surface area contributed by atoms with Crippen molar-refractivity contribution in [3.8, 4) is 5.75 Å². The summed E-state index contributed by atoms with van der Waals surface area (Å²) >= 11 is 1.60. The van der Waals surface area contributed by atoms with E-state index < -0.39 is 17.9 Å². The van der Waals surface area contributed by atoms with Gasteiger partial charge in [0.15, 0.2) is 0 Å². The molecule has 0 unspecified atom stereocenters. The van der Waals surface area contributed by atoms with E-state index in [9.17, 15) is 14.4 Å². The van der Waals surface area contributed by atoms with Crippen LogP contribution in [-0.2, 0) is 14.4 Å². The van der Waals surface area contributed by atoms with Gasteiger partial charge in [-0.15, -0.1) is 0 Å². The molecule has 1 fully saturated rings. The first-order valence-electron chi connectivity index (χ1n) is 13.1. The van der Waals surface area contributed by atoms with Gasteiger partial charge in [0.25, 0.3) is 0 Å². The summed E-state index contributed by atoms with van der Waals surface area (Å²) in [6.45, 7) is 2.47. The molecule has 3 aliphatic carbocycles. The Morgan fingerprint density at radius 3 is 1.82 bits per heavy atom. The summed E-state index contributed by atoms with van der Waals surface area (Å²) in [7, 11) is 0. The smallest absolute Gasteiger partial charge is 0.247 e. The van der Waals surface area contributed by atoms with Crippen LogP contribution in [0.3, 0.4) is 0 Å². The Balaban J connectivity index is 1.35. The summed E-state index contributed by atoms with van der Waals surface area (Å²) < 4.78 is 5.50. The van der Waals surface area contributed by atoms with Gasteiger partial charge in [-0.25, -0.2) is 0 Å². The van der Waals surface area contributed by atoms with E-state index >= 15 is 0 Å². The van der Waals surface area contributed by atoms with Gasteiger partial charge >= 0.3 is 0 Å². The molecule has 194 valence electrons. The molecule has 7 heteroatoms. The maximum atomic E-state index is 14.1. The zero-order valence-corrected chi connectivity index (χ0v) is 22.2. The molecule has 0 aromatic heterocycles. The zero-order chi connectivity index (χ0) is 26.4. The van der Waals surface area contributed by atoms with Gasteiger partial charge in [0.2, 0.25) is 17.7 Å². The van der Waals surface area contributed by atoms with Crippen LogP contribution < -0.4 is 10.1 Å². The van der Waals surface area contributed by atoms with E-state index in [1.54, 1.807) is 36.0 Å². The summed E-state index contributed by atoms with van der Waals surface area (Å²) in [5, 5.41) is 2.94. The lowest BCUT2D eigenvalue weighted by molar-refractivity contribution is -0.146. The Labute approximate surface area is 226 Å². The number of anilines is 1. The normalized spacial score (nSPS) is 23.5. The van der Waals surface area contributed by atoms with Crippen molar-refractivity contribution in [3.05, 3.63) is 95.1 Å². The number of nitrogens with zero attached hydrogens (tertiary/aromatic N) is 1. The highest BCUT2D eigenvalue weighted by Crippen LogP contribution is 2.61. The van der Waals surface area contributed by atoms with Crippen LogP contribution in [0.15, 0.2) is 72.8 Å². The van der Waals surface area contributed by atoms with Gasteiger partial charge in [0.05, 0.1) is 18.4 Å². The molecule has 1 heterocycles. The molecule has 0 radical (unpaired) electrons. The molecule has 4 aliphatic rings. The summed E-state index contributed by atoms with van der Waals surface area (Å²) in [5.74, 6) is -0.790. The monoisotopic (exact) mass is 526 g/mol. The number of imide groups is 1. The first-order chi connectivity index (χ1) is 18.5. The number of carbonyl (C=O) groups is 3. The van der Waals surface area contributed by atoms with Gasteiger partial charge in [-0.2, -0.15) is 11.8 Å². The van der Waals surface area contributed by atoms with Crippen LogP contribution in [0, 0.1) is 11.8 Å². The summed E-state index contributed by atoms with van der Waals surface area (Å²) in [4.78, 5) is 43.2. The summed E-state index contributed by atoms with van der Waals surface area (Å²) in [5.41, 5.74) is 5.10. The Morgan fingerprint density at radius 1 is 0.868 bits per heavy atom. The SMILES string of the molecule is CCOc1ccc(NC(=O)[C@H](CCSC)N2C(=O)[C@@H]3C4c5ccccc5C(c5ccccc54)[C@H]3C2=O)cc1.